The van der Waals surface area contributed by atoms with E-state index in [1.54, 1.807) is 12.1 Å². The van der Waals surface area contributed by atoms with E-state index in [-0.39, 0.29) is 6.54 Å². The molecule has 0 aliphatic carbocycles. The van der Waals surface area contributed by atoms with Crippen molar-refractivity contribution < 1.29 is 4.79 Å². The third kappa shape index (κ3) is 3.46. The standard InChI is InChI=1S/C10H11ClN4O/c11-9-4-2-1-3-7(9)5-8(10(12)16)6-14-15-13/h1-4,8H,5-6H2,(H2,12,16). The maximum absolute atomic E-state index is 11.1. The minimum Gasteiger partial charge on any atom is -0.369 e. The number of nitrogens with two attached hydrogens (primary N) is 1. The molecule has 0 saturated heterocycles. The molecule has 0 fully saturated rings. The van der Waals surface area contributed by atoms with Gasteiger partial charge in [0.15, 0.2) is 0 Å². The monoisotopic (exact) mass is 238 g/mol. The molecule has 1 rings (SSSR count). The predicted molar refractivity (Wildman–Crippen MR) is 61.9 cm³/mol. The molecule has 0 aliphatic rings. The van der Waals surface area contributed by atoms with Crippen LogP contribution in [0.3, 0.4) is 0 Å². The van der Waals surface area contributed by atoms with Crippen LogP contribution in [0.1, 0.15) is 5.56 Å². The van der Waals surface area contributed by atoms with Gasteiger partial charge in [0.2, 0.25) is 5.91 Å². The van der Waals surface area contributed by atoms with E-state index in [1.165, 1.54) is 0 Å². The number of primary amides is 1. The Morgan fingerprint density at radius 3 is 2.81 bits per heavy atom. The summed E-state index contributed by atoms with van der Waals surface area (Å²) >= 11 is 5.95. The molecule has 0 bridgehead atoms. The zero-order valence-electron chi connectivity index (χ0n) is 8.51. The quantitative estimate of drug-likeness (QED) is 0.476. The van der Waals surface area contributed by atoms with Crippen molar-refractivity contribution in [2.75, 3.05) is 6.54 Å². The van der Waals surface area contributed by atoms with Crippen LogP contribution in [-0.4, -0.2) is 12.5 Å². The van der Waals surface area contributed by atoms with E-state index in [2.05, 4.69) is 10.0 Å². The van der Waals surface area contributed by atoms with Gasteiger partial charge >= 0.3 is 0 Å². The van der Waals surface area contributed by atoms with Crippen LogP contribution in [0.5, 0.6) is 0 Å². The number of hydrogen-bond donors (Lipinski definition) is 1. The fourth-order valence-electron chi connectivity index (χ4n) is 1.32. The summed E-state index contributed by atoms with van der Waals surface area (Å²) in [6.45, 7) is 0.0526. The molecule has 2 N–H and O–H groups in total. The Bertz CT molecular complexity index is 429. The largest absolute Gasteiger partial charge is 0.369 e. The van der Waals surface area contributed by atoms with Crippen molar-refractivity contribution in [3.8, 4) is 0 Å². The molecule has 5 nitrogen and oxygen atoms in total. The number of rotatable bonds is 5. The Hall–Kier alpha value is -1.71. The van der Waals surface area contributed by atoms with Crippen LogP contribution in [0.4, 0.5) is 0 Å². The molecular formula is C10H11ClN4O. The van der Waals surface area contributed by atoms with E-state index in [0.29, 0.717) is 11.4 Å². The van der Waals surface area contributed by atoms with Crippen LogP contribution in [0.2, 0.25) is 5.02 Å². The Balaban J connectivity index is 2.79. The predicted octanol–water partition coefficient (Wildman–Crippen LogP) is 2.29. The highest BCUT2D eigenvalue weighted by molar-refractivity contribution is 6.31. The number of azide groups is 1. The second-order valence-corrected chi connectivity index (χ2v) is 3.72. The van der Waals surface area contributed by atoms with Crippen molar-refractivity contribution in [1.82, 2.24) is 0 Å². The summed E-state index contributed by atoms with van der Waals surface area (Å²) in [5.41, 5.74) is 14.2. The van der Waals surface area contributed by atoms with Gasteiger partial charge in [0.1, 0.15) is 0 Å². The molecule has 1 aromatic carbocycles. The molecule has 84 valence electrons. The fraction of sp³-hybridized carbons (Fsp3) is 0.300. The van der Waals surface area contributed by atoms with Gasteiger partial charge in [-0.3, -0.25) is 4.79 Å². The first-order valence-corrected chi connectivity index (χ1v) is 5.06. The number of halogens is 1. The summed E-state index contributed by atoms with van der Waals surface area (Å²) in [6, 6.07) is 7.18. The lowest BCUT2D eigenvalue weighted by Crippen LogP contribution is -2.27. The zero-order valence-corrected chi connectivity index (χ0v) is 9.26. The zero-order chi connectivity index (χ0) is 12.0. The SMILES string of the molecule is [N-]=[N+]=NCC(Cc1ccccc1Cl)C(N)=O. The average molecular weight is 239 g/mol. The van der Waals surface area contributed by atoms with Gasteiger partial charge in [0.25, 0.3) is 0 Å². The minimum atomic E-state index is -0.518. The van der Waals surface area contributed by atoms with Crippen molar-refractivity contribution >= 4 is 17.5 Å². The number of carbonyl (C=O) groups is 1. The second kappa shape index (κ2) is 6.00. The van der Waals surface area contributed by atoms with Gasteiger partial charge in [0.05, 0.1) is 0 Å². The molecule has 1 aromatic rings. The lowest BCUT2D eigenvalue weighted by atomic mass is 9.99. The Labute approximate surface area is 97.8 Å². The molecule has 0 aromatic heterocycles. The highest BCUT2D eigenvalue weighted by Crippen LogP contribution is 2.19. The number of benzene rings is 1. The maximum atomic E-state index is 11.1. The van der Waals surface area contributed by atoms with Crippen LogP contribution in [0.25, 0.3) is 10.4 Å². The lowest BCUT2D eigenvalue weighted by Gasteiger charge is -2.11. The first kappa shape index (κ1) is 12.4. The average Bonchev–Trinajstić information content (AvgIpc) is 2.26. The first-order valence-electron chi connectivity index (χ1n) is 4.68. The smallest absolute Gasteiger partial charge is 0.220 e. The number of hydrogen-bond acceptors (Lipinski definition) is 2. The van der Waals surface area contributed by atoms with Gasteiger partial charge in [-0.05, 0) is 23.6 Å². The summed E-state index contributed by atoms with van der Waals surface area (Å²) in [6.07, 6.45) is 0.383. The number of carbonyl (C=O) groups excluding carboxylic acids is 1. The van der Waals surface area contributed by atoms with Gasteiger partial charge in [0, 0.05) is 22.4 Å². The Morgan fingerprint density at radius 2 is 2.25 bits per heavy atom. The topological polar surface area (TPSA) is 91.8 Å². The normalized spacial score (nSPS) is 11.6. The van der Waals surface area contributed by atoms with Crippen LogP contribution >= 0.6 is 11.6 Å². The summed E-state index contributed by atoms with van der Waals surface area (Å²) in [5, 5.41) is 3.93. The Kier molecular flexibility index (Phi) is 4.64. The lowest BCUT2D eigenvalue weighted by molar-refractivity contribution is -0.121. The number of amides is 1. The molecule has 1 atom stereocenters. The van der Waals surface area contributed by atoms with E-state index in [4.69, 9.17) is 22.9 Å². The summed E-state index contributed by atoms with van der Waals surface area (Å²) < 4.78 is 0. The number of nitrogens with zero attached hydrogens (tertiary/aromatic N) is 3. The Morgan fingerprint density at radius 1 is 1.56 bits per heavy atom. The highest BCUT2D eigenvalue weighted by atomic mass is 35.5. The van der Waals surface area contributed by atoms with E-state index < -0.39 is 11.8 Å². The first-order chi connectivity index (χ1) is 7.65. The molecule has 0 radical (unpaired) electrons. The second-order valence-electron chi connectivity index (χ2n) is 3.31. The van der Waals surface area contributed by atoms with E-state index in [1.807, 2.05) is 12.1 Å². The van der Waals surface area contributed by atoms with E-state index in [0.717, 1.165) is 5.56 Å². The van der Waals surface area contributed by atoms with Crippen LogP contribution < -0.4 is 5.73 Å². The van der Waals surface area contributed by atoms with Crippen molar-refractivity contribution in [1.29, 1.82) is 0 Å². The van der Waals surface area contributed by atoms with Crippen LogP contribution in [0.15, 0.2) is 29.4 Å². The van der Waals surface area contributed by atoms with Gasteiger partial charge in [-0.25, -0.2) is 0 Å². The third-order valence-corrected chi connectivity index (χ3v) is 2.56. The third-order valence-electron chi connectivity index (χ3n) is 2.19. The van der Waals surface area contributed by atoms with Gasteiger partial charge < -0.3 is 5.73 Å². The van der Waals surface area contributed by atoms with Crippen LogP contribution in [-0.2, 0) is 11.2 Å². The summed E-state index contributed by atoms with van der Waals surface area (Å²) in [5.74, 6) is -1.01. The van der Waals surface area contributed by atoms with Crippen molar-refractivity contribution in [2.24, 2.45) is 16.8 Å². The minimum absolute atomic E-state index is 0.0526. The van der Waals surface area contributed by atoms with Crippen LogP contribution in [0, 0.1) is 5.92 Å². The van der Waals surface area contributed by atoms with E-state index in [9.17, 15) is 4.79 Å². The molecular weight excluding hydrogens is 228 g/mol. The summed E-state index contributed by atoms with van der Waals surface area (Å²) in [7, 11) is 0. The molecule has 1 amide bonds. The van der Waals surface area contributed by atoms with Crippen molar-refractivity contribution in [3.63, 3.8) is 0 Å². The van der Waals surface area contributed by atoms with Crippen molar-refractivity contribution in [2.45, 2.75) is 6.42 Å². The molecule has 6 heteroatoms. The van der Waals surface area contributed by atoms with Gasteiger partial charge in [-0.15, -0.1) is 0 Å². The van der Waals surface area contributed by atoms with Gasteiger partial charge in [-0.2, -0.15) is 0 Å². The molecule has 0 aliphatic heterocycles. The molecule has 0 spiro atoms. The highest BCUT2D eigenvalue weighted by Gasteiger charge is 2.16. The van der Waals surface area contributed by atoms with Crippen molar-refractivity contribution in [3.05, 3.63) is 45.3 Å². The van der Waals surface area contributed by atoms with E-state index >= 15 is 0 Å². The molecule has 0 heterocycles. The summed E-state index contributed by atoms with van der Waals surface area (Å²) in [4.78, 5) is 13.7. The molecule has 1 unspecified atom stereocenters. The van der Waals surface area contributed by atoms with Gasteiger partial charge in [-0.1, -0.05) is 34.9 Å². The molecule has 16 heavy (non-hydrogen) atoms. The maximum Gasteiger partial charge on any atom is 0.220 e. The molecule has 0 saturated carbocycles. The fourth-order valence-corrected chi connectivity index (χ4v) is 1.53.